The van der Waals surface area contributed by atoms with Crippen molar-refractivity contribution in [1.82, 2.24) is 5.32 Å². The maximum Gasteiger partial charge on any atom is 0.255 e. The maximum absolute atomic E-state index is 13.0. The highest BCUT2D eigenvalue weighted by Gasteiger charge is 2.17. The van der Waals surface area contributed by atoms with E-state index in [0.717, 1.165) is 52.2 Å². The summed E-state index contributed by atoms with van der Waals surface area (Å²) < 4.78 is 0. The van der Waals surface area contributed by atoms with Crippen LogP contribution in [-0.4, -0.2) is 12.5 Å². The molecule has 1 amide bonds. The zero-order chi connectivity index (χ0) is 20.9. The van der Waals surface area contributed by atoms with Gasteiger partial charge in [-0.2, -0.15) is 0 Å². The monoisotopic (exact) mass is 394 g/mol. The van der Waals surface area contributed by atoms with Gasteiger partial charge in [0, 0.05) is 23.4 Å². The van der Waals surface area contributed by atoms with Gasteiger partial charge in [0.25, 0.3) is 5.91 Å². The average molecular weight is 395 g/mol. The zero-order valence-corrected chi connectivity index (χ0v) is 17.4. The van der Waals surface area contributed by atoms with Crippen LogP contribution in [0.25, 0.3) is 17.8 Å². The van der Waals surface area contributed by atoms with Crippen LogP contribution >= 0.6 is 0 Å². The first-order valence-electron chi connectivity index (χ1n) is 10.3. The Bertz CT molecular complexity index is 1110. The summed E-state index contributed by atoms with van der Waals surface area (Å²) in [7, 11) is 0. The molecule has 3 aromatic carbocycles. The summed E-state index contributed by atoms with van der Waals surface area (Å²) in [6.45, 7) is 4.94. The molecule has 2 N–H and O–H groups in total. The second kappa shape index (κ2) is 8.83. The van der Waals surface area contributed by atoms with Crippen LogP contribution in [0, 0.1) is 13.8 Å². The molecule has 1 aliphatic rings. The molecule has 0 aromatic heterocycles. The standard InChI is InChI=1S/C27H26N2O/c1-19-16-20(2)18-23(17-19)27(30)29-25-11-6-10-22(26(25)24-12-7-15-28-24)14-13-21-8-4-3-5-9-21/h3-6,8-14,16-18,28H,7,15H2,1-2H3,(H,29,30)/b14-13+. The maximum atomic E-state index is 13.0. The molecule has 3 heteroatoms. The van der Waals surface area contributed by atoms with Crippen molar-refractivity contribution in [2.24, 2.45) is 0 Å². The van der Waals surface area contributed by atoms with Crippen molar-refractivity contribution in [2.75, 3.05) is 11.9 Å². The summed E-state index contributed by atoms with van der Waals surface area (Å²) in [5.41, 5.74) is 7.96. The van der Waals surface area contributed by atoms with Crippen molar-refractivity contribution >= 4 is 29.4 Å². The van der Waals surface area contributed by atoms with Crippen LogP contribution in [-0.2, 0) is 0 Å². The Hall–Kier alpha value is -3.59. The molecular formula is C27H26N2O. The number of anilines is 1. The van der Waals surface area contributed by atoms with Gasteiger partial charge in [0.1, 0.15) is 0 Å². The first-order chi connectivity index (χ1) is 14.6. The molecule has 0 atom stereocenters. The smallest absolute Gasteiger partial charge is 0.255 e. The number of carbonyl (C=O) groups is 1. The van der Waals surface area contributed by atoms with E-state index in [1.54, 1.807) is 0 Å². The molecule has 0 fully saturated rings. The number of amides is 1. The summed E-state index contributed by atoms with van der Waals surface area (Å²) in [6.07, 6.45) is 7.39. The van der Waals surface area contributed by atoms with Crippen LogP contribution in [0.2, 0.25) is 0 Å². The summed E-state index contributed by atoms with van der Waals surface area (Å²) >= 11 is 0. The van der Waals surface area contributed by atoms with Gasteiger partial charge in [-0.1, -0.05) is 77.9 Å². The Morgan fingerprint density at radius 1 is 0.933 bits per heavy atom. The molecule has 0 aliphatic carbocycles. The van der Waals surface area contributed by atoms with Crippen LogP contribution in [0.5, 0.6) is 0 Å². The Kier molecular flexibility index (Phi) is 5.80. The quantitative estimate of drug-likeness (QED) is 0.516. The lowest BCUT2D eigenvalue weighted by molar-refractivity contribution is 0.102. The van der Waals surface area contributed by atoms with Crippen molar-refractivity contribution in [3.8, 4) is 0 Å². The van der Waals surface area contributed by atoms with Crippen LogP contribution in [0.3, 0.4) is 0 Å². The molecule has 1 aliphatic heterocycles. The fourth-order valence-electron chi connectivity index (χ4n) is 3.85. The first-order valence-corrected chi connectivity index (χ1v) is 10.3. The normalized spacial score (nSPS) is 13.2. The molecule has 4 rings (SSSR count). The lowest BCUT2D eigenvalue weighted by atomic mass is 10.00. The first kappa shape index (κ1) is 19.7. The summed E-state index contributed by atoms with van der Waals surface area (Å²) in [6, 6.07) is 22.2. The van der Waals surface area contributed by atoms with Crippen LogP contribution in [0.15, 0.2) is 72.8 Å². The van der Waals surface area contributed by atoms with Gasteiger partial charge in [0.05, 0.1) is 5.69 Å². The second-order valence-corrected chi connectivity index (χ2v) is 7.68. The number of hydrogen-bond acceptors (Lipinski definition) is 2. The Morgan fingerprint density at radius 2 is 1.70 bits per heavy atom. The minimum atomic E-state index is -0.0918. The molecule has 0 bridgehead atoms. The van der Waals surface area contributed by atoms with Gasteiger partial charge in [0.2, 0.25) is 0 Å². The van der Waals surface area contributed by atoms with Crippen molar-refractivity contribution < 1.29 is 4.79 Å². The predicted octanol–water partition coefficient (Wildman–Crippen LogP) is 6.06. The van der Waals surface area contributed by atoms with Crippen molar-refractivity contribution in [3.63, 3.8) is 0 Å². The molecule has 150 valence electrons. The fraction of sp³-hybridized carbons (Fsp3) is 0.148. The van der Waals surface area contributed by atoms with Gasteiger partial charge < -0.3 is 10.6 Å². The molecule has 0 saturated carbocycles. The Morgan fingerprint density at radius 3 is 2.40 bits per heavy atom. The molecule has 0 spiro atoms. The summed E-state index contributed by atoms with van der Waals surface area (Å²) in [5.74, 6) is -0.0918. The van der Waals surface area contributed by atoms with Crippen LogP contribution < -0.4 is 10.6 Å². The highest BCUT2D eigenvalue weighted by Crippen LogP contribution is 2.30. The molecule has 0 radical (unpaired) electrons. The van der Waals surface area contributed by atoms with Gasteiger partial charge in [-0.15, -0.1) is 0 Å². The second-order valence-electron chi connectivity index (χ2n) is 7.68. The molecule has 0 saturated heterocycles. The van der Waals surface area contributed by atoms with Crippen molar-refractivity contribution in [3.05, 3.63) is 106 Å². The molecule has 3 aromatic rings. The fourth-order valence-corrected chi connectivity index (χ4v) is 3.85. The van der Waals surface area contributed by atoms with E-state index in [-0.39, 0.29) is 5.91 Å². The lowest BCUT2D eigenvalue weighted by Gasteiger charge is -2.16. The number of hydrogen-bond donors (Lipinski definition) is 2. The third-order valence-electron chi connectivity index (χ3n) is 5.16. The number of nitrogens with one attached hydrogen (secondary N) is 2. The number of aryl methyl sites for hydroxylation is 2. The van der Waals surface area contributed by atoms with E-state index in [1.165, 1.54) is 0 Å². The van der Waals surface area contributed by atoms with Crippen molar-refractivity contribution in [2.45, 2.75) is 20.3 Å². The van der Waals surface area contributed by atoms with Crippen LogP contribution in [0.1, 0.15) is 44.6 Å². The van der Waals surface area contributed by atoms with E-state index in [2.05, 4.69) is 53.1 Å². The van der Waals surface area contributed by atoms with Crippen molar-refractivity contribution in [1.29, 1.82) is 0 Å². The third-order valence-corrected chi connectivity index (χ3v) is 5.16. The molecule has 30 heavy (non-hydrogen) atoms. The van der Waals surface area contributed by atoms with E-state index in [4.69, 9.17) is 0 Å². The highest BCUT2D eigenvalue weighted by molar-refractivity contribution is 6.06. The topological polar surface area (TPSA) is 41.1 Å². The summed E-state index contributed by atoms with van der Waals surface area (Å²) in [5, 5.41) is 6.60. The van der Waals surface area contributed by atoms with E-state index >= 15 is 0 Å². The predicted molar refractivity (Wildman–Crippen MR) is 126 cm³/mol. The van der Waals surface area contributed by atoms with E-state index in [0.29, 0.717) is 5.56 Å². The lowest BCUT2D eigenvalue weighted by Crippen LogP contribution is -2.16. The van der Waals surface area contributed by atoms with Crippen LogP contribution in [0.4, 0.5) is 5.69 Å². The molecule has 3 nitrogen and oxygen atoms in total. The minimum absolute atomic E-state index is 0.0918. The number of rotatable bonds is 5. The molecule has 1 heterocycles. The SMILES string of the molecule is Cc1cc(C)cc(C(=O)Nc2cccc(/C=C/c3ccccc3)c2C2=CCCN2)c1. The van der Waals surface area contributed by atoms with Gasteiger partial charge in [0.15, 0.2) is 0 Å². The van der Waals surface area contributed by atoms with Gasteiger partial charge in [-0.25, -0.2) is 0 Å². The van der Waals surface area contributed by atoms with E-state index < -0.39 is 0 Å². The molecule has 0 unspecified atom stereocenters. The number of carbonyl (C=O) groups excluding carboxylic acids is 1. The highest BCUT2D eigenvalue weighted by atomic mass is 16.1. The average Bonchev–Trinajstić information content (AvgIpc) is 3.27. The van der Waals surface area contributed by atoms with Gasteiger partial charge in [-0.05, 0) is 49.6 Å². The van der Waals surface area contributed by atoms with Gasteiger partial charge >= 0.3 is 0 Å². The number of benzene rings is 3. The van der Waals surface area contributed by atoms with E-state index in [1.807, 2.05) is 56.3 Å². The van der Waals surface area contributed by atoms with Gasteiger partial charge in [-0.3, -0.25) is 4.79 Å². The minimum Gasteiger partial charge on any atom is -0.384 e. The summed E-state index contributed by atoms with van der Waals surface area (Å²) in [4.78, 5) is 13.0. The Balaban J connectivity index is 1.70. The Labute approximate surface area is 178 Å². The zero-order valence-electron chi connectivity index (χ0n) is 17.4. The van der Waals surface area contributed by atoms with E-state index in [9.17, 15) is 4.79 Å². The third kappa shape index (κ3) is 4.52. The molecular weight excluding hydrogens is 368 g/mol. The largest absolute Gasteiger partial charge is 0.384 e.